The summed E-state index contributed by atoms with van der Waals surface area (Å²) in [6, 6.07) is 11.7. The summed E-state index contributed by atoms with van der Waals surface area (Å²) in [6.45, 7) is 1.99. The summed E-state index contributed by atoms with van der Waals surface area (Å²) in [7, 11) is 0. The van der Waals surface area contributed by atoms with E-state index in [2.05, 4.69) is 27.6 Å². The number of hydrogen-bond acceptors (Lipinski definition) is 4. The first kappa shape index (κ1) is 12.7. The smallest absolute Gasteiger partial charge is 0.152 e. The van der Waals surface area contributed by atoms with Gasteiger partial charge in [-0.3, -0.25) is 0 Å². The first-order valence-corrected chi connectivity index (χ1v) is 7.61. The maximum absolute atomic E-state index is 6.03. The molecular formula is C14H11IN2OS. The van der Waals surface area contributed by atoms with E-state index in [0.717, 1.165) is 21.0 Å². The van der Waals surface area contributed by atoms with Crippen LogP contribution in [0.5, 0.6) is 11.5 Å². The van der Waals surface area contributed by atoms with Gasteiger partial charge in [-0.2, -0.15) is 0 Å². The fourth-order valence-corrected chi connectivity index (χ4v) is 3.02. The van der Waals surface area contributed by atoms with Crippen molar-refractivity contribution in [2.24, 2.45) is 0 Å². The summed E-state index contributed by atoms with van der Waals surface area (Å²) in [6.07, 6.45) is 0. The van der Waals surface area contributed by atoms with Crippen LogP contribution in [-0.2, 0) is 0 Å². The van der Waals surface area contributed by atoms with E-state index < -0.39 is 0 Å². The highest BCUT2D eigenvalue weighted by atomic mass is 127. The molecule has 0 fully saturated rings. The van der Waals surface area contributed by atoms with E-state index in [1.54, 1.807) is 11.3 Å². The lowest BCUT2D eigenvalue weighted by atomic mass is 10.2. The van der Waals surface area contributed by atoms with Crippen LogP contribution in [0.4, 0.5) is 5.69 Å². The Balaban J connectivity index is 1.99. The van der Waals surface area contributed by atoms with Crippen molar-refractivity contribution >= 4 is 49.8 Å². The van der Waals surface area contributed by atoms with Crippen LogP contribution in [0.1, 0.15) is 5.01 Å². The minimum atomic E-state index is 0.634. The number of thiazole rings is 1. The van der Waals surface area contributed by atoms with Gasteiger partial charge in [0.25, 0.3) is 0 Å². The standard InChI is InChI=1S/C14H11IN2OS/c1-8-17-12-7-13(11(16)6-14(12)19-8)18-10-4-2-9(15)3-5-10/h2-7H,16H2,1H3. The van der Waals surface area contributed by atoms with Gasteiger partial charge in [0.05, 0.1) is 20.9 Å². The molecule has 0 aliphatic heterocycles. The quantitative estimate of drug-likeness (QED) is 0.521. The Labute approximate surface area is 128 Å². The second-order valence-corrected chi connectivity index (χ2v) is 6.63. The molecule has 0 aliphatic carbocycles. The molecule has 0 radical (unpaired) electrons. The van der Waals surface area contributed by atoms with Crippen molar-refractivity contribution in [2.75, 3.05) is 5.73 Å². The number of rotatable bonds is 2. The van der Waals surface area contributed by atoms with Crippen LogP contribution in [0.25, 0.3) is 10.2 Å². The molecule has 5 heteroatoms. The lowest BCUT2D eigenvalue weighted by molar-refractivity contribution is 0.485. The highest BCUT2D eigenvalue weighted by molar-refractivity contribution is 14.1. The van der Waals surface area contributed by atoms with E-state index in [1.807, 2.05) is 43.3 Å². The van der Waals surface area contributed by atoms with Crippen LogP contribution >= 0.6 is 33.9 Å². The molecule has 1 aromatic heterocycles. The predicted octanol–water partition coefficient (Wildman–Crippen LogP) is 4.58. The van der Waals surface area contributed by atoms with Gasteiger partial charge in [0.2, 0.25) is 0 Å². The average molecular weight is 382 g/mol. The first-order valence-electron chi connectivity index (χ1n) is 5.72. The summed E-state index contributed by atoms with van der Waals surface area (Å²) < 4.78 is 8.08. The molecule has 1 heterocycles. The van der Waals surface area contributed by atoms with Gasteiger partial charge in [-0.1, -0.05) is 0 Å². The molecule has 3 aromatic rings. The Morgan fingerprint density at radius 2 is 1.95 bits per heavy atom. The summed E-state index contributed by atoms with van der Waals surface area (Å²) in [5.41, 5.74) is 7.59. The number of anilines is 1. The maximum Gasteiger partial charge on any atom is 0.152 e. The Hall–Kier alpha value is -1.34. The van der Waals surface area contributed by atoms with Crippen LogP contribution < -0.4 is 10.5 Å². The molecule has 0 bridgehead atoms. The van der Waals surface area contributed by atoms with E-state index in [-0.39, 0.29) is 0 Å². The summed E-state index contributed by atoms with van der Waals surface area (Å²) in [5, 5.41) is 1.03. The van der Waals surface area contributed by atoms with E-state index >= 15 is 0 Å². The number of ether oxygens (including phenoxy) is 1. The molecule has 2 N–H and O–H groups in total. The lowest BCUT2D eigenvalue weighted by Gasteiger charge is -2.08. The number of nitrogens with two attached hydrogens (primary N) is 1. The highest BCUT2D eigenvalue weighted by Crippen LogP contribution is 2.34. The zero-order valence-corrected chi connectivity index (χ0v) is 13.2. The zero-order valence-electron chi connectivity index (χ0n) is 10.2. The number of aryl methyl sites for hydroxylation is 1. The number of hydrogen-bond donors (Lipinski definition) is 1. The van der Waals surface area contributed by atoms with Crippen molar-refractivity contribution < 1.29 is 4.74 Å². The number of nitrogens with zero attached hydrogens (tertiary/aromatic N) is 1. The molecule has 2 aromatic carbocycles. The van der Waals surface area contributed by atoms with Crippen molar-refractivity contribution in [3.8, 4) is 11.5 Å². The summed E-state index contributed by atoms with van der Waals surface area (Å²) in [5.74, 6) is 1.43. The minimum absolute atomic E-state index is 0.634. The SMILES string of the molecule is Cc1nc2cc(Oc3ccc(I)cc3)c(N)cc2s1. The topological polar surface area (TPSA) is 48.1 Å². The molecule has 0 saturated heterocycles. The van der Waals surface area contributed by atoms with E-state index in [9.17, 15) is 0 Å². The maximum atomic E-state index is 6.03. The van der Waals surface area contributed by atoms with Crippen LogP contribution in [-0.4, -0.2) is 4.98 Å². The van der Waals surface area contributed by atoms with Gasteiger partial charge < -0.3 is 10.5 Å². The van der Waals surface area contributed by atoms with Gasteiger partial charge in [-0.05, 0) is 59.8 Å². The molecule has 3 nitrogen and oxygen atoms in total. The Morgan fingerprint density at radius 3 is 2.68 bits per heavy atom. The monoisotopic (exact) mass is 382 g/mol. The highest BCUT2D eigenvalue weighted by Gasteiger charge is 2.08. The van der Waals surface area contributed by atoms with Crippen LogP contribution in [0.15, 0.2) is 36.4 Å². The number of fused-ring (bicyclic) bond motifs is 1. The number of halogens is 1. The number of nitrogen functional groups attached to an aromatic ring is 1. The summed E-state index contributed by atoms with van der Waals surface area (Å²) >= 11 is 3.90. The van der Waals surface area contributed by atoms with Gasteiger partial charge >= 0.3 is 0 Å². The van der Waals surface area contributed by atoms with E-state index in [0.29, 0.717) is 11.4 Å². The molecular weight excluding hydrogens is 371 g/mol. The molecule has 19 heavy (non-hydrogen) atoms. The fraction of sp³-hybridized carbons (Fsp3) is 0.0714. The molecule has 0 atom stereocenters. The second kappa shape index (κ2) is 4.97. The number of aromatic nitrogens is 1. The molecule has 0 amide bonds. The van der Waals surface area contributed by atoms with Crippen molar-refractivity contribution in [3.05, 3.63) is 45.0 Å². The second-order valence-electron chi connectivity index (χ2n) is 4.15. The van der Waals surface area contributed by atoms with Gasteiger partial charge in [-0.15, -0.1) is 11.3 Å². The Morgan fingerprint density at radius 1 is 1.21 bits per heavy atom. The third kappa shape index (κ3) is 2.66. The van der Waals surface area contributed by atoms with Gasteiger partial charge in [0, 0.05) is 9.64 Å². The first-order chi connectivity index (χ1) is 9.11. The van der Waals surface area contributed by atoms with Crippen molar-refractivity contribution in [1.29, 1.82) is 0 Å². The van der Waals surface area contributed by atoms with E-state index in [4.69, 9.17) is 10.5 Å². The Bertz CT molecular complexity index is 737. The number of benzene rings is 2. The Kier molecular flexibility index (Phi) is 3.32. The molecule has 0 saturated carbocycles. The molecule has 0 spiro atoms. The van der Waals surface area contributed by atoms with Gasteiger partial charge in [0.1, 0.15) is 5.75 Å². The van der Waals surface area contributed by atoms with E-state index in [1.165, 1.54) is 3.57 Å². The van der Waals surface area contributed by atoms with Crippen molar-refractivity contribution in [1.82, 2.24) is 4.98 Å². The average Bonchev–Trinajstić information content (AvgIpc) is 2.72. The molecule has 96 valence electrons. The normalized spacial score (nSPS) is 10.8. The third-order valence-electron chi connectivity index (χ3n) is 2.67. The van der Waals surface area contributed by atoms with Crippen molar-refractivity contribution in [2.45, 2.75) is 6.92 Å². The van der Waals surface area contributed by atoms with Gasteiger partial charge in [0.15, 0.2) is 5.75 Å². The summed E-state index contributed by atoms with van der Waals surface area (Å²) in [4.78, 5) is 4.45. The largest absolute Gasteiger partial charge is 0.455 e. The molecule has 0 unspecified atom stereocenters. The predicted molar refractivity (Wildman–Crippen MR) is 88.0 cm³/mol. The van der Waals surface area contributed by atoms with Crippen molar-refractivity contribution in [3.63, 3.8) is 0 Å². The molecule has 0 aliphatic rings. The zero-order chi connectivity index (χ0) is 13.4. The lowest BCUT2D eigenvalue weighted by Crippen LogP contribution is -1.92. The molecule has 3 rings (SSSR count). The van der Waals surface area contributed by atoms with Crippen LogP contribution in [0.2, 0.25) is 0 Å². The fourth-order valence-electron chi connectivity index (χ4n) is 1.80. The third-order valence-corrected chi connectivity index (χ3v) is 4.32. The minimum Gasteiger partial charge on any atom is -0.455 e. The van der Waals surface area contributed by atoms with Crippen LogP contribution in [0.3, 0.4) is 0 Å². The van der Waals surface area contributed by atoms with Crippen LogP contribution in [0, 0.1) is 10.5 Å². The van der Waals surface area contributed by atoms with Gasteiger partial charge in [-0.25, -0.2) is 4.98 Å².